The first-order valence-electron chi connectivity index (χ1n) is 5.82. The zero-order valence-electron chi connectivity index (χ0n) is 10.4. The molecule has 0 saturated heterocycles. The van der Waals surface area contributed by atoms with E-state index in [1.165, 1.54) is 0 Å². The van der Waals surface area contributed by atoms with Gasteiger partial charge < -0.3 is 5.32 Å². The maximum atomic E-state index is 6.14. The van der Waals surface area contributed by atoms with Gasteiger partial charge in [-0.05, 0) is 38.1 Å². The molecule has 3 nitrogen and oxygen atoms in total. The van der Waals surface area contributed by atoms with Gasteiger partial charge in [0.15, 0.2) is 0 Å². The van der Waals surface area contributed by atoms with Crippen molar-refractivity contribution in [3.05, 3.63) is 45.1 Å². The van der Waals surface area contributed by atoms with Crippen LogP contribution in [0.5, 0.6) is 0 Å². The highest BCUT2D eigenvalue weighted by Gasteiger charge is 2.05. The Hall–Kier alpha value is -1.000. The average molecular weight is 329 g/mol. The molecule has 0 radical (unpaired) electrons. The Balaban J connectivity index is 2.13. The fraction of sp³-hybridized carbons (Fsp3) is 0.308. The van der Waals surface area contributed by atoms with Crippen molar-refractivity contribution in [2.24, 2.45) is 0 Å². The minimum Gasteiger partial charge on any atom is -0.378 e. The Kier molecular flexibility index (Phi) is 4.30. The van der Waals surface area contributed by atoms with Crippen LogP contribution in [0, 0.1) is 6.92 Å². The van der Waals surface area contributed by atoms with Crippen LogP contribution >= 0.6 is 27.5 Å². The maximum Gasteiger partial charge on any atom is 0.0638 e. The van der Waals surface area contributed by atoms with Gasteiger partial charge in [-0.1, -0.05) is 27.5 Å². The quantitative estimate of drug-likeness (QED) is 0.910. The summed E-state index contributed by atoms with van der Waals surface area (Å²) in [6.07, 6.45) is 0. The van der Waals surface area contributed by atoms with E-state index in [0.29, 0.717) is 6.54 Å². The molecule has 0 aliphatic heterocycles. The van der Waals surface area contributed by atoms with Crippen LogP contribution in [-0.2, 0) is 13.1 Å². The first kappa shape index (κ1) is 13.4. The molecule has 0 amide bonds. The number of nitrogens with zero attached hydrogens (tertiary/aromatic N) is 2. The van der Waals surface area contributed by atoms with Gasteiger partial charge in [0.05, 0.1) is 28.6 Å². The second-order valence-corrected chi connectivity index (χ2v) is 5.39. The molecule has 0 bridgehead atoms. The lowest BCUT2D eigenvalue weighted by Gasteiger charge is -2.10. The first-order chi connectivity index (χ1) is 8.60. The number of nitrogens with one attached hydrogen (secondary N) is 1. The van der Waals surface area contributed by atoms with Gasteiger partial charge in [0.25, 0.3) is 0 Å². The number of rotatable bonds is 4. The SMILES string of the molecule is CCn1nc(C)cc1CNc1cc(Br)ccc1Cl. The van der Waals surface area contributed by atoms with E-state index in [9.17, 15) is 0 Å². The topological polar surface area (TPSA) is 29.9 Å². The van der Waals surface area contributed by atoms with Crippen LogP contribution in [0.3, 0.4) is 0 Å². The molecule has 0 atom stereocenters. The third-order valence-electron chi connectivity index (χ3n) is 2.67. The maximum absolute atomic E-state index is 6.14. The van der Waals surface area contributed by atoms with Crippen LogP contribution < -0.4 is 5.32 Å². The van der Waals surface area contributed by atoms with Crippen molar-refractivity contribution in [1.82, 2.24) is 9.78 Å². The molecule has 1 aromatic carbocycles. The van der Waals surface area contributed by atoms with Crippen molar-refractivity contribution in [1.29, 1.82) is 0 Å². The number of aryl methyl sites for hydroxylation is 2. The van der Waals surface area contributed by atoms with E-state index in [1.807, 2.05) is 29.8 Å². The molecule has 1 N–H and O–H groups in total. The Bertz CT molecular complexity index is 551. The zero-order chi connectivity index (χ0) is 13.1. The van der Waals surface area contributed by atoms with Crippen molar-refractivity contribution < 1.29 is 0 Å². The molecule has 0 fully saturated rings. The molecule has 0 spiro atoms. The van der Waals surface area contributed by atoms with Crippen LogP contribution in [0.4, 0.5) is 5.69 Å². The van der Waals surface area contributed by atoms with E-state index in [4.69, 9.17) is 11.6 Å². The summed E-state index contributed by atoms with van der Waals surface area (Å²) in [5, 5.41) is 8.47. The largest absolute Gasteiger partial charge is 0.378 e. The minimum atomic E-state index is 0.713. The van der Waals surface area contributed by atoms with Crippen LogP contribution in [0.15, 0.2) is 28.7 Å². The molecule has 1 heterocycles. The van der Waals surface area contributed by atoms with Gasteiger partial charge in [0.1, 0.15) is 0 Å². The van der Waals surface area contributed by atoms with E-state index in [-0.39, 0.29) is 0 Å². The predicted octanol–water partition coefficient (Wildman–Crippen LogP) is 4.24. The van der Waals surface area contributed by atoms with Crippen LogP contribution in [0.25, 0.3) is 0 Å². The monoisotopic (exact) mass is 327 g/mol. The predicted molar refractivity (Wildman–Crippen MR) is 79.1 cm³/mol. The van der Waals surface area contributed by atoms with E-state index in [2.05, 4.69) is 39.3 Å². The van der Waals surface area contributed by atoms with Gasteiger partial charge in [-0.15, -0.1) is 0 Å². The molecule has 0 aliphatic carbocycles. The van der Waals surface area contributed by atoms with Crippen molar-refractivity contribution >= 4 is 33.2 Å². The van der Waals surface area contributed by atoms with Crippen LogP contribution in [0.1, 0.15) is 18.3 Å². The minimum absolute atomic E-state index is 0.713. The van der Waals surface area contributed by atoms with E-state index < -0.39 is 0 Å². The highest BCUT2D eigenvalue weighted by molar-refractivity contribution is 9.10. The molecule has 96 valence electrons. The zero-order valence-corrected chi connectivity index (χ0v) is 12.7. The van der Waals surface area contributed by atoms with E-state index in [0.717, 1.165) is 33.1 Å². The summed E-state index contributed by atoms with van der Waals surface area (Å²) < 4.78 is 3.00. The fourth-order valence-corrected chi connectivity index (χ4v) is 2.38. The second kappa shape index (κ2) is 5.76. The van der Waals surface area contributed by atoms with Gasteiger partial charge in [-0.25, -0.2) is 0 Å². The van der Waals surface area contributed by atoms with Gasteiger partial charge in [-0.2, -0.15) is 5.10 Å². The first-order valence-corrected chi connectivity index (χ1v) is 6.99. The van der Waals surface area contributed by atoms with Gasteiger partial charge in [0.2, 0.25) is 0 Å². The summed E-state index contributed by atoms with van der Waals surface area (Å²) in [6.45, 7) is 5.67. The normalized spacial score (nSPS) is 10.7. The molecule has 2 aromatic rings. The lowest BCUT2D eigenvalue weighted by atomic mass is 10.3. The summed E-state index contributed by atoms with van der Waals surface area (Å²) in [7, 11) is 0. The number of anilines is 1. The highest BCUT2D eigenvalue weighted by atomic mass is 79.9. The Morgan fingerprint density at radius 3 is 2.89 bits per heavy atom. The molecule has 2 rings (SSSR count). The number of halogens is 2. The van der Waals surface area contributed by atoms with Crippen LogP contribution in [-0.4, -0.2) is 9.78 Å². The van der Waals surface area contributed by atoms with Crippen molar-refractivity contribution in [2.45, 2.75) is 26.9 Å². The molecule has 0 unspecified atom stereocenters. The van der Waals surface area contributed by atoms with E-state index in [1.54, 1.807) is 0 Å². The second-order valence-electron chi connectivity index (χ2n) is 4.07. The van der Waals surface area contributed by atoms with Crippen LogP contribution in [0.2, 0.25) is 5.02 Å². The van der Waals surface area contributed by atoms with Crippen molar-refractivity contribution in [2.75, 3.05) is 5.32 Å². The summed E-state index contributed by atoms with van der Waals surface area (Å²) in [4.78, 5) is 0. The lowest BCUT2D eigenvalue weighted by Crippen LogP contribution is -2.08. The molecular weight excluding hydrogens is 314 g/mol. The summed E-state index contributed by atoms with van der Waals surface area (Å²) in [5.41, 5.74) is 3.12. The fourth-order valence-electron chi connectivity index (χ4n) is 1.83. The number of hydrogen-bond donors (Lipinski definition) is 1. The third kappa shape index (κ3) is 3.06. The number of aromatic nitrogens is 2. The average Bonchev–Trinajstić information content (AvgIpc) is 2.71. The van der Waals surface area contributed by atoms with Gasteiger partial charge >= 0.3 is 0 Å². The summed E-state index contributed by atoms with van der Waals surface area (Å²) in [6, 6.07) is 7.86. The van der Waals surface area contributed by atoms with Crippen molar-refractivity contribution in [3.8, 4) is 0 Å². The molecule has 1 aromatic heterocycles. The molecule has 5 heteroatoms. The summed E-state index contributed by atoms with van der Waals surface area (Å²) in [5.74, 6) is 0. The standard InChI is InChI=1S/C13H15BrClN3/c1-3-18-11(6-9(2)17-18)8-16-13-7-10(14)4-5-12(13)15/h4-7,16H,3,8H2,1-2H3. The molecular formula is C13H15BrClN3. The Morgan fingerprint density at radius 2 is 2.17 bits per heavy atom. The molecule has 0 saturated carbocycles. The Labute approximate surface area is 120 Å². The van der Waals surface area contributed by atoms with Gasteiger partial charge in [0, 0.05) is 11.0 Å². The van der Waals surface area contributed by atoms with Crippen molar-refractivity contribution in [3.63, 3.8) is 0 Å². The van der Waals surface area contributed by atoms with E-state index >= 15 is 0 Å². The molecule has 18 heavy (non-hydrogen) atoms. The number of benzene rings is 1. The smallest absolute Gasteiger partial charge is 0.0638 e. The third-order valence-corrected chi connectivity index (χ3v) is 3.50. The lowest BCUT2D eigenvalue weighted by molar-refractivity contribution is 0.623. The summed E-state index contributed by atoms with van der Waals surface area (Å²) >= 11 is 9.57. The molecule has 0 aliphatic rings. The van der Waals surface area contributed by atoms with Gasteiger partial charge in [-0.3, -0.25) is 4.68 Å². The Morgan fingerprint density at radius 1 is 1.39 bits per heavy atom. The highest BCUT2D eigenvalue weighted by Crippen LogP contribution is 2.26. The number of hydrogen-bond acceptors (Lipinski definition) is 2.